The SMILES string of the molecule is CCC[C@H]1CO[C@@](Cn2c[n+](CC)cn2)(c2ccc(Cl)cc2Cl)O1. The van der Waals surface area contributed by atoms with Crippen molar-refractivity contribution >= 4 is 23.2 Å². The predicted octanol–water partition coefficient (Wildman–Crippen LogP) is 3.57. The summed E-state index contributed by atoms with van der Waals surface area (Å²) >= 11 is 12.5. The van der Waals surface area contributed by atoms with E-state index >= 15 is 0 Å². The van der Waals surface area contributed by atoms with Gasteiger partial charge in [-0.15, -0.1) is 4.68 Å². The zero-order valence-electron chi connectivity index (χ0n) is 13.9. The molecular formula is C17H22Cl2N3O2+. The van der Waals surface area contributed by atoms with Crippen LogP contribution in [0.1, 0.15) is 32.3 Å². The Morgan fingerprint density at radius 1 is 1.38 bits per heavy atom. The summed E-state index contributed by atoms with van der Waals surface area (Å²) in [5.74, 6) is -0.945. The van der Waals surface area contributed by atoms with Gasteiger partial charge in [-0.1, -0.05) is 42.6 Å². The van der Waals surface area contributed by atoms with E-state index in [9.17, 15) is 0 Å². The minimum Gasteiger partial charge on any atom is -0.341 e. The molecule has 5 nitrogen and oxygen atoms in total. The first-order chi connectivity index (χ1) is 11.6. The van der Waals surface area contributed by atoms with Gasteiger partial charge in [-0.25, -0.2) is 4.57 Å². The maximum Gasteiger partial charge on any atom is 0.265 e. The summed E-state index contributed by atoms with van der Waals surface area (Å²) in [6, 6.07) is 5.39. The highest BCUT2D eigenvalue weighted by atomic mass is 35.5. The second-order valence-electron chi connectivity index (χ2n) is 5.99. The van der Waals surface area contributed by atoms with Crippen molar-refractivity contribution in [1.29, 1.82) is 0 Å². The molecule has 0 amide bonds. The number of hydrogen-bond donors (Lipinski definition) is 0. The Labute approximate surface area is 152 Å². The Bertz CT molecular complexity index is 707. The summed E-state index contributed by atoms with van der Waals surface area (Å²) in [4.78, 5) is 0. The first kappa shape index (κ1) is 17.7. The van der Waals surface area contributed by atoms with Gasteiger partial charge in [0.1, 0.15) is 0 Å². The van der Waals surface area contributed by atoms with Gasteiger partial charge < -0.3 is 9.47 Å². The van der Waals surface area contributed by atoms with Gasteiger partial charge in [0.25, 0.3) is 6.33 Å². The lowest BCUT2D eigenvalue weighted by Crippen LogP contribution is -2.35. The van der Waals surface area contributed by atoms with Crippen molar-refractivity contribution in [1.82, 2.24) is 9.78 Å². The fraction of sp³-hybridized carbons (Fsp3) is 0.529. The van der Waals surface area contributed by atoms with Gasteiger partial charge in [-0.05, 0) is 25.5 Å². The topological polar surface area (TPSA) is 40.2 Å². The van der Waals surface area contributed by atoms with Crippen LogP contribution in [0.5, 0.6) is 0 Å². The molecule has 0 N–H and O–H groups in total. The molecule has 1 aliphatic rings. The first-order valence-electron chi connectivity index (χ1n) is 8.25. The van der Waals surface area contributed by atoms with E-state index in [1.165, 1.54) is 0 Å². The Balaban J connectivity index is 1.95. The average Bonchev–Trinajstić information content (AvgIpc) is 3.16. The van der Waals surface area contributed by atoms with Crippen LogP contribution >= 0.6 is 23.2 Å². The molecule has 130 valence electrons. The van der Waals surface area contributed by atoms with E-state index in [2.05, 4.69) is 18.9 Å². The highest BCUT2D eigenvalue weighted by Gasteiger charge is 2.46. The molecule has 7 heteroatoms. The Hall–Kier alpha value is -1.14. The zero-order chi connectivity index (χ0) is 17.2. The number of hydrogen-bond acceptors (Lipinski definition) is 3. The van der Waals surface area contributed by atoms with E-state index in [1.807, 2.05) is 21.6 Å². The van der Waals surface area contributed by atoms with Crippen molar-refractivity contribution in [2.75, 3.05) is 6.61 Å². The molecule has 24 heavy (non-hydrogen) atoms. The first-order valence-corrected chi connectivity index (χ1v) is 9.00. The molecule has 1 fully saturated rings. The summed E-state index contributed by atoms with van der Waals surface area (Å²) in [5.41, 5.74) is 0.783. The standard InChI is InChI=1S/C17H22Cl2N3O2/c1-3-5-14-9-23-17(24-14,10-22-12-21(4-2)11-20-22)15-7-6-13(18)8-16(15)19/h6-8,11-12,14H,3-5,9-10H2,1-2H3/q+1/t14-,17+/m0/s1. The number of halogens is 2. The molecule has 2 atom stereocenters. The number of ether oxygens (including phenoxy) is 2. The molecule has 0 bridgehead atoms. The molecule has 0 radical (unpaired) electrons. The van der Waals surface area contributed by atoms with Gasteiger partial charge in [-0.3, -0.25) is 0 Å². The minimum atomic E-state index is -0.945. The number of benzene rings is 1. The summed E-state index contributed by atoms with van der Waals surface area (Å²) in [7, 11) is 0. The summed E-state index contributed by atoms with van der Waals surface area (Å²) < 4.78 is 16.3. The fourth-order valence-corrected chi connectivity index (χ4v) is 3.51. The maximum absolute atomic E-state index is 6.44. The van der Waals surface area contributed by atoms with Crippen molar-refractivity contribution in [2.45, 2.75) is 51.7 Å². The smallest absolute Gasteiger partial charge is 0.265 e. The van der Waals surface area contributed by atoms with Gasteiger partial charge in [-0.2, -0.15) is 0 Å². The van der Waals surface area contributed by atoms with Crippen LogP contribution in [0.4, 0.5) is 0 Å². The molecule has 0 unspecified atom stereocenters. The van der Waals surface area contributed by atoms with Crippen molar-refractivity contribution in [3.8, 4) is 0 Å². The molecule has 3 rings (SSSR count). The molecule has 2 heterocycles. The quantitative estimate of drug-likeness (QED) is 0.729. The summed E-state index contributed by atoms with van der Waals surface area (Å²) in [6.07, 6.45) is 5.76. The fourth-order valence-electron chi connectivity index (χ4n) is 2.96. The summed E-state index contributed by atoms with van der Waals surface area (Å²) in [5, 5.41) is 5.51. The largest absolute Gasteiger partial charge is 0.341 e. The lowest BCUT2D eigenvalue weighted by atomic mass is 10.1. The van der Waals surface area contributed by atoms with Crippen LogP contribution in [0.2, 0.25) is 10.0 Å². The van der Waals surface area contributed by atoms with E-state index in [0.29, 0.717) is 23.2 Å². The molecule has 1 aromatic carbocycles. The minimum absolute atomic E-state index is 0.0515. The average molecular weight is 371 g/mol. The van der Waals surface area contributed by atoms with Crippen LogP contribution in [-0.4, -0.2) is 22.5 Å². The van der Waals surface area contributed by atoms with E-state index in [-0.39, 0.29) is 6.10 Å². The normalized spacial score (nSPS) is 23.8. The van der Waals surface area contributed by atoms with Crippen LogP contribution in [0.15, 0.2) is 30.9 Å². The second-order valence-corrected chi connectivity index (χ2v) is 6.83. The maximum atomic E-state index is 6.44. The second kappa shape index (κ2) is 7.40. The van der Waals surface area contributed by atoms with E-state index in [4.69, 9.17) is 32.7 Å². The van der Waals surface area contributed by atoms with Crippen molar-refractivity contribution in [3.05, 3.63) is 46.5 Å². The van der Waals surface area contributed by atoms with Crippen LogP contribution in [-0.2, 0) is 28.4 Å². The van der Waals surface area contributed by atoms with E-state index in [0.717, 1.165) is 24.9 Å². The highest BCUT2D eigenvalue weighted by molar-refractivity contribution is 6.35. The van der Waals surface area contributed by atoms with Crippen molar-refractivity contribution in [3.63, 3.8) is 0 Å². The molecular weight excluding hydrogens is 349 g/mol. The van der Waals surface area contributed by atoms with E-state index in [1.54, 1.807) is 18.5 Å². The molecule has 1 aromatic heterocycles. The predicted molar refractivity (Wildman–Crippen MR) is 92.0 cm³/mol. The lowest BCUT2D eigenvalue weighted by Gasteiger charge is -2.27. The molecule has 1 aliphatic heterocycles. The molecule has 2 aromatic rings. The number of aryl methyl sites for hydroxylation is 1. The van der Waals surface area contributed by atoms with Crippen molar-refractivity contribution < 1.29 is 14.0 Å². The highest BCUT2D eigenvalue weighted by Crippen LogP contribution is 2.41. The van der Waals surface area contributed by atoms with Gasteiger partial charge in [0.2, 0.25) is 12.1 Å². The van der Waals surface area contributed by atoms with Gasteiger partial charge in [0.05, 0.1) is 24.3 Å². The summed E-state index contributed by atoms with van der Waals surface area (Å²) in [6.45, 7) is 6.03. The van der Waals surface area contributed by atoms with E-state index < -0.39 is 5.79 Å². The third kappa shape index (κ3) is 3.59. The number of aromatic nitrogens is 3. The third-order valence-electron chi connectivity index (χ3n) is 4.18. The number of rotatable bonds is 6. The van der Waals surface area contributed by atoms with Crippen molar-refractivity contribution in [2.24, 2.45) is 0 Å². The van der Waals surface area contributed by atoms with Crippen LogP contribution in [0.3, 0.4) is 0 Å². The molecule has 0 saturated carbocycles. The molecule has 0 spiro atoms. The molecule has 1 saturated heterocycles. The van der Waals surface area contributed by atoms with Gasteiger partial charge in [0, 0.05) is 15.7 Å². The Morgan fingerprint density at radius 3 is 2.88 bits per heavy atom. The monoisotopic (exact) mass is 370 g/mol. The number of nitrogens with zero attached hydrogens (tertiary/aromatic N) is 3. The molecule has 0 aliphatic carbocycles. The zero-order valence-corrected chi connectivity index (χ0v) is 15.4. The van der Waals surface area contributed by atoms with Gasteiger partial charge >= 0.3 is 0 Å². The van der Waals surface area contributed by atoms with Crippen LogP contribution in [0, 0.1) is 0 Å². The Morgan fingerprint density at radius 2 is 2.21 bits per heavy atom. The lowest BCUT2D eigenvalue weighted by molar-refractivity contribution is -0.694. The Kier molecular flexibility index (Phi) is 5.45. The van der Waals surface area contributed by atoms with Gasteiger partial charge in [0.15, 0.2) is 6.54 Å². The van der Waals surface area contributed by atoms with Crippen LogP contribution in [0.25, 0.3) is 0 Å². The third-order valence-corrected chi connectivity index (χ3v) is 4.72. The van der Waals surface area contributed by atoms with Crippen LogP contribution < -0.4 is 4.57 Å².